The van der Waals surface area contributed by atoms with Crippen LogP contribution < -0.4 is 11.0 Å². The Morgan fingerprint density at radius 1 is 1.29 bits per heavy atom. The van der Waals surface area contributed by atoms with E-state index in [1.807, 2.05) is 32.9 Å². The summed E-state index contributed by atoms with van der Waals surface area (Å²) in [6.07, 6.45) is 1.90. The molecule has 0 saturated heterocycles. The lowest BCUT2D eigenvalue weighted by molar-refractivity contribution is -0.113. The molecule has 0 spiro atoms. The van der Waals surface area contributed by atoms with E-state index in [0.29, 0.717) is 11.7 Å². The SMILES string of the molecule is CCCCn1c(SCC(=O)Nc2c(C)cc(C)cc2C)n[nH]c1=O. The molecule has 0 bridgehead atoms. The van der Waals surface area contributed by atoms with Crippen LogP contribution in [0.15, 0.2) is 22.1 Å². The molecular weight excluding hydrogens is 324 g/mol. The molecule has 24 heavy (non-hydrogen) atoms. The number of benzene rings is 1. The van der Waals surface area contributed by atoms with Gasteiger partial charge in [0.05, 0.1) is 5.75 Å². The van der Waals surface area contributed by atoms with E-state index in [-0.39, 0.29) is 17.3 Å². The van der Waals surface area contributed by atoms with Crippen LogP contribution in [0.3, 0.4) is 0 Å². The second-order valence-corrected chi connectivity index (χ2v) is 6.87. The maximum atomic E-state index is 12.2. The van der Waals surface area contributed by atoms with Gasteiger partial charge in [0.2, 0.25) is 5.91 Å². The first-order chi connectivity index (χ1) is 11.4. The molecule has 130 valence electrons. The van der Waals surface area contributed by atoms with Crippen LogP contribution in [-0.4, -0.2) is 26.4 Å². The van der Waals surface area contributed by atoms with E-state index in [1.165, 1.54) is 17.3 Å². The first-order valence-corrected chi connectivity index (χ1v) is 9.06. The molecule has 2 rings (SSSR count). The second-order valence-electron chi connectivity index (χ2n) is 5.93. The largest absolute Gasteiger partial charge is 0.343 e. The summed E-state index contributed by atoms with van der Waals surface area (Å²) < 4.78 is 1.59. The molecule has 0 radical (unpaired) electrons. The molecule has 0 atom stereocenters. The van der Waals surface area contributed by atoms with Gasteiger partial charge in [0.15, 0.2) is 5.16 Å². The van der Waals surface area contributed by atoms with E-state index < -0.39 is 0 Å². The van der Waals surface area contributed by atoms with Crippen molar-refractivity contribution in [2.24, 2.45) is 0 Å². The molecule has 0 unspecified atom stereocenters. The lowest BCUT2D eigenvalue weighted by atomic mass is 10.1. The zero-order chi connectivity index (χ0) is 17.7. The topological polar surface area (TPSA) is 79.8 Å². The molecule has 1 aromatic carbocycles. The maximum absolute atomic E-state index is 12.2. The maximum Gasteiger partial charge on any atom is 0.343 e. The van der Waals surface area contributed by atoms with Crippen molar-refractivity contribution in [2.75, 3.05) is 11.1 Å². The lowest BCUT2D eigenvalue weighted by Gasteiger charge is -2.12. The minimum Gasteiger partial charge on any atom is -0.325 e. The van der Waals surface area contributed by atoms with Gasteiger partial charge in [-0.2, -0.15) is 0 Å². The van der Waals surface area contributed by atoms with Crippen LogP contribution in [0.25, 0.3) is 0 Å². The number of H-pyrrole nitrogens is 1. The number of thioether (sulfide) groups is 1. The van der Waals surface area contributed by atoms with E-state index in [0.717, 1.165) is 29.7 Å². The Balaban J connectivity index is 2.01. The third-order valence-corrected chi connectivity index (χ3v) is 4.71. The van der Waals surface area contributed by atoms with Gasteiger partial charge >= 0.3 is 5.69 Å². The summed E-state index contributed by atoms with van der Waals surface area (Å²) in [6, 6.07) is 4.09. The van der Waals surface area contributed by atoms with Gasteiger partial charge in [-0.25, -0.2) is 9.89 Å². The van der Waals surface area contributed by atoms with Crippen molar-refractivity contribution in [3.05, 3.63) is 39.3 Å². The number of amides is 1. The zero-order valence-corrected chi connectivity index (χ0v) is 15.4. The number of hydrogen-bond acceptors (Lipinski definition) is 4. The summed E-state index contributed by atoms with van der Waals surface area (Å²) >= 11 is 1.27. The fourth-order valence-corrected chi connectivity index (χ4v) is 3.38. The molecule has 1 heterocycles. The average molecular weight is 348 g/mol. The van der Waals surface area contributed by atoms with E-state index >= 15 is 0 Å². The molecule has 0 fully saturated rings. The molecular formula is C17H24N4O2S. The predicted molar refractivity (Wildman–Crippen MR) is 97.8 cm³/mol. The molecule has 0 aliphatic heterocycles. The number of hydrogen-bond donors (Lipinski definition) is 2. The molecule has 2 N–H and O–H groups in total. The highest BCUT2D eigenvalue weighted by Gasteiger charge is 2.13. The normalized spacial score (nSPS) is 10.8. The number of carbonyl (C=O) groups excluding carboxylic acids is 1. The van der Waals surface area contributed by atoms with Gasteiger partial charge in [0.1, 0.15) is 0 Å². The fraction of sp³-hybridized carbons (Fsp3) is 0.471. The fourth-order valence-electron chi connectivity index (χ4n) is 2.61. The summed E-state index contributed by atoms with van der Waals surface area (Å²) in [4.78, 5) is 24.0. The van der Waals surface area contributed by atoms with Gasteiger partial charge in [-0.15, -0.1) is 5.10 Å². The van der Waals surface area contributed by atoms with Gasteiger partial charge in [-0.1, -0.05) is 42.8 Å². The van der Waals surface area contributed by atoms with E-state index in [2.05, 4.69) is 22.4 Å². The highest BCUT2D eigenvalue weighted by atomic mass is 32.2. The van der Waals surface area contributed by atoms with E-state index in [1.54, 1.807) is 4.57 Å². The second kappa shape index (κ2) is 8.19. The zero-order valence-electron chi connectivity index (χ0n) is 14.6. The number of anilines is 1. The van der Waals surface area contributed by atoms with Crippen molar-refractivity contribution >= 4 is 23.4 Å². The third kappa shape index (κ3) is 4.50. The predicted octanol–water partition coefficient (Wildman–Crippen LogP) is 3.03. The quantitative estimate of drug-likeness (QED) is 0.754. The van der Waals surface area contributed by atoms with Crippen LogP contribution in [0.2, 0.25) is 0 Å². The summed E-state index contributed by atoms with van der Waals surface area (Å²) in [5.41, 5.74) is 3.90. The third-order valence-electron chi connectivity index (χ3n) is 3.73. The van der Waals surface area contributed by atoms with Gasteiger partial charge in [-0.05, 0) is 38.3 Å². The summed E-state index contributed by atoms with van der Waals surface area (Å²) in [6.45, 7) is 8.69. The van der Waals surface area contributed by atoms with E-state index in [9.17, 15) is 9.59 Å². The van der Waals surface area contributed by atoms with Crippen molar-refractivity contribution in [3.8, 4) is 0 Å². The van der Waals surface area contributed by atoms with Crippen LogP contribution in [0.4, 0.5) is 5.69 Å². The summed E-state index contributed by atoms with van der Waals surface area (Å²) in [7, 11) is 0. The van der Waals surface area contributed by atoms with Crippen LogP contribution in [0, 0.1) is 20.8 Å². The average Bonchev–Trinajstić information content (AvgIpc) is 2.87. The smallest absolute Gasteiger partial charge is 0.325 e. The first kappa shape index (κ1) is 18.3. The van der Waals surface area contributed by atoms with E-state index in [4.69, 9.17) is 0 Å². The summed E-state index contributed by atoms with van der Waals surface area (Å²) in [5.74, 6) is 0.107. The number of aryl methyl sites for hydroxylation is 3. The molecule has 1 amide bonds. The molecule has 2 aromatic rings. The number of carbonyl (C=O) groups is 1. The van der Waals surface area contributed by atoms with Crippen LogP contribution in [0.5, 0.6) is 0 Å². The monoisotopic (exact) mass is 348 g/mol. The Kier molecular flexibility index (Phi) is 6.25. The molecule has 0 aliphatic carbocycles. The number of nitrogens with zero attached hydrogens (tertiary/aromatic N) is 2. The van der Waals surface area contributed by atoms with Gasteiger partial charge < -0.3 is 5.32 Å². The highest BCUT2D eigenvalue weighted by molar-refractivity contribution is 7.99. The van der Waals surface area contributed by atoms with Crippen molar-refractivity contribution in [3.63, 3.8) is 0 Å². The standard InChI is InChI=1S/C17H24N4O2S/c1-5-6-7-21-16(23)19-20-17(21)24-10-14(22)18-15-12(3)8-11(2)9-13(15)4/h8-9H,5-7,10H2,1-4H3,(H,18,22)(H,19,23). The Morgan fingerprint density at radius 3 is 2.58 bits per heavy atom. The molecule has 0 aliphatic rings. The minimum atomic E-state index is -0.225. The number of aromatic nitrogens is 3. The van der Waals surface area contributed by atoms with Gasteiger partial charge in [0.25, 0.3) is 0 Å². The van der Waals surface area contributed by atoms with Crippen LogP contribution in [0.1, 0.15) is 36.5 Å². The van der Waals surface area contributed by atoms with Crippen LogP contribution >= 0.6 is 11.8 Å². The first-order valence-electron chi connectivity index (χ1n) is 8.08. The minimum absolute atomic E-state index is 0.104. The number of aromatic amines is 1. The Morgan fingerprint density at radius 2 is 1.96 bits per heavy atom. The molecule has 0 saturated carbocycles. The van der Waals surface area contributed by atoms with Crippen molar-refractivity contribution in [2.45, 2.75) is 52.2 Å². The van der Waals surface area contributed by atoms with Crippen molar-refractivity contribution < 1.29 is 4.79 Å². The lowest BCUT2D eigenvalue weighted by Crippen LogP contribution is -2.19. The van der Waals surface area contributed by atoms with Crippen molar-refractivity contribution in [1.29, 1.82) is 0 Å². The molecule has 1 aromatic heterocycles. The highest BCUT2D eigenvalue weighted by Crippen LogP contribution is 2.22. The number of unbranched alkanes of at least 4 members (excludes halogenated alkanes) is 1. The van der Waals surface area contributed by atoms with Crippen LogP contribution in [-0.2, 0) is 11.3 Å². The van der Waals surface area contributed by atoms with Gasteiger partial charge in [0, 0.05) is 12.2 Å². The number of rotatable bonds is 7. The molecule has 7 heteroatoms. The summed E-state index contributed by atoms with van der Waals surface area (Å²) in [5, 5.41) is 9.97. The Labute approximate surface area is 146 Å². The Bertz CT molecular complexity index is 756. The Hall–Kier alpha value is -2.02. The number of nitrogens with one attached hydrogen (secondary N) is 2. The van der Waals surface area contributed by atoms with Crippen molar-refractivity contribution in [1.82, 2.24) is 14.8 Å². The molecule has 6 nitrogen and oxygen atoms in total. The van der Waals surface area contributed by atoms with Gasteiger partial charge in [-0.3, -0.25) is 9.36 Å².